The van der Waals surface area contributed by atoms with E-state index in [0.29, 0.717) is 18.1 Å². The van der Waals surface area contributed by atoms with Crippen molar-refractivity contribution in [1.82, 2.24) is 14.3 Å². The first kappa shape index (κ1) is 22.3. The summed E-state index contributed by atoms with van der Waals surface area (Å²) < 4.78 is 9.15. The van der Waals surface area contributed by atoms with Gasteiger partial charge < -0.3 is 10.1 Å². The van der Waals surface area contributed by atoms with Crippen molar-refractivity contribution >= 4 is 29.0 Å². The highest BCUT2D eigenvalue weighted by Gasteiger charge is 2.17. The Morgan fingerprint density at radius 2 is 1.85 bits per heavy atom. The summed E-state index contributed by atoms with van der Waals surface area (Å²) in [5, 5.41) is 5.68. The van der Waals surface area contributed by atoms with Crippen LogP contribution >= 0.6 is 11.3 Å². The molecule has 7 nitrogen and oxygen atoms in total. The van der Waals surface area contributed by atoms with Crippen LogP contribution in [0.2, 0.25) is 0 Å². The number of amides is 1. The molecule has 4 aromatic rings. The van der Waals surface area contributed by atoms with Gasteiger partial charge in [0.25, 0.3) is 5.56 Å². The van der Waals surface area contributed by atoms with Crippen LogP contribution in [0.1, 0.15) is 22.0 Å². The number of nitrogens with zero attached hydrogens (tertiary/aromatic N) is 3. The zero-order valence-electron chi connectivity index (χ0n) is 18.6. The quantitative estimate of drug-likeness (QED) is 0.413. The second-order valence-electron chi connectivity index (χ2n) is 7.44. The predicted molar refractivity (Wildman–Crippen MR) is 131 cm³/mol. The summed E-state index contributed by atoms with van der Waals surface area (Å²) in [6.45, 7) is 4.10. The van der Waals surface area contributed by atoms with E-state index < -0.39 is 5.91 Å². The van der Waals surface area contributed by atoms with Crippen LogP contribution in [0, 0.1) is 13.8 Å². The van der Waals surface area contributed by atoms with Gasteiger partial charge in [-0.25, -0.2) is 9.67 Å². The Morgan fingerprint density at radius 3 is 2.58 bits per heavy atom. The van der Waals surface area contributed by atoms with E-state index in [0.717, 1.165) is 22.0 Å². The van der Waals surface area contributed by atoms with Crippen LogP contribution in [-0.4, -0.2) is 20.3 Å². The van der Waals surface area contributed by atoms with Crippen LogP contribution in [-0.2, 0) is 18.4 Å². The second kappa shape index (κ2) is 9.70. The summed E-state index contributed by atoms with van der Waals surface area (Å²) in [7, 11) is 1.78. The normalized spacial score (nSPS) is 11.1. The van der Waals surface area contributed by atoms with Gasteiger partial charge in [-0.1, -0.05) is 36.4 Å². The summed E-state index contributed by atoms with van der Waals surface area (Å²) in [6, 6.07) is 16.7. The molecule has 0 bridgehead atoms. The molecule has 0 aliphatic heterocycles. The topological polar surface area (TPSA) is 78.2 Å². The summed E-state index contributed by atoms with van der Waals surface area (Å²) in [5.41, 5.74) is 2.97. The molecular formula is C25H24N4O3S. The molecule has 1 amide bonds. The average Bonchev–Trinajstić information content (AvgIpc) is 3.33. The molecule has 33 heavy (non-hydrogen) atoms. The van der Waals surface area contributed by atoms with Crippen molar-refractivity contribution in [3.63, 3.8) is 0 Å². The fourth-order valence-corrected chi connectivity index (χ4v) is 4.02. The van der Waals surface area contributed by atoms with E-state index in [9.17, 15) is 9.59 Å². The van der Waals surface area contributed by atoms with Crippen LogP contribution in [0.4, 0.5) is 5.69 Å². The van der Waals surface area contributed by atoms with E-state index in [1.54, 1.807) is 36.1 Å². The van der Waals surface area contributed by atoms with Gasteiger partial charge in [-0.05, 0) is 38.1 Å². The molecular weight excluding hydrogens is 436 g/mol. The van der Waals surface area contributed by atoms with Crippen molar-refractivity contribution in [2.45, 2.75) is 20.5 Å². The van der Waals surface area contributed by atoms with Crippen LogP contribution < -0.4 is 15.6 Å². The van der Waals surface area contributed by atoms with Crippen LogP contribution in [0.5, 0.6) is 5.75 Å². The smallest absolute Gasteiger partial charge is 0.295 e. The maximum atomic E-state index is 13.0. The second-order valence-corrected chi connectivity index (χ2v) is 8.51. The number of anilines is 1. The van der Waals surface area contributed by atoms with Gasteiger partial charge in [0.2, 0.25) is 5.91 Å². The van der Waals surface area contributed by atoms with Crippen molar-refractivity contribution in [2.75, 3.05) is 5.32 Å². The lowest BCUT2D eigenvalue weighted by atomic mass is 10.2. The third kappa shape index (κ3) is 4.96. The lowest BCUT2D eigenvalue weighted by Gasteiger charge is -2.07. The number of nitrogens with one attached hydrogen (secondary N) is 1. The average molecular weight is 461 g/mol. The van der Waals surface area contributed by atoms with Gasteiger partial charge in [0.05, 0.1) is 22.1 Å². The van der Waals surface area contributed by atoms with Crippen molar-refractivity contribution in [1.29, 1.82) is 0 Å². The van der Waals surface area contributed by atoms with Crippen LogP contribution in [0.3, 0.4) is 0 Å². The zero-order valence-corrected chi connectivity index (χ0v) is 19.4. The van der Waals surface area contributed by atoms with E-state index in [1.807, 2.05) is 66.9 Å². The highest BCUT2D eigenvalue weighted by Crippen LogP contribution is 2.21. The Hall–Kier alpha value is -3.91. The van der Waals surface area contributed by atoms with Gasteiger partial charge in [-0.15, -0.1) is 11.3 Å². The number of aryl methyl sites for hydroxylation is 1. The number of ether oxygens (including phenoxy) is 1. The molecule has 0 atom stereocenters. The number of para-hydroxylation sites is 2. The van der Waals surface area contributed by atoms with Gasteiger partial charge in [0, 0.05) is 24.1 Å². The Morgan fingerprint density at radius 1 is 1.12 bits per heavy atom. The Bertz CT molecular complexity index is 1370. The summed E-state index contributed by atoms with van der Waals surface area (Å²) in [4.78, 5) is 30.0. The van der Waals surface area contributed by atoms with Gasteiger partial charge in [0.15, 0.2) is 0 Å². The lowest BCUT2D eigenvalue weighted by molar-refractivity contribution is -0.111. The third-order valence-corrected chi connectivity index (χ3v) is 6.00. The number of rotatable bonds is 7. The lowest BCUT2D eigenvalue weighted by Crippen LogP contribution is -2.22. The molecule has 2 aromatic heterocycles. The molecule has 0 saturated carbocycles. The summed E-state index contributed by atoms with van der Waals surface area (Å²) >= 11 is 1.58. The number of carbonyl (C=O) groups is 1. The van der Waals surface area contributed by atoms with E-state index in [1.165, 1.54) is 10.8 Å². The summed E-state index contributed by atoms with van der Waals surface area (Å²) in [6.07, 6.45) is 3.07. The maximum absolute atomic E-state index is 13.0. The molecule has 4 rings (SSSR count). The fraction of sp³-hybridized carbons (Fsp3) is 0.160. The van der Waals surface area contributed by atoms with Gasteiger partial charge >= 0.3 is 0 Å². The monoisotopic (exact) mass is 460 g/mol. The minimum absolute atomic E-state index is 0.249. The number of hydrogen-bond acceptors (Lipinski definition) is 5. The van der Waals surface area contributed by atoms with Crippen LogP contribution in [0.25, 0.3) is 11.8 Å². The highest BCUT2D eigenvalue weighted by atomic mass is 32.1. The van der Waals surface area contributed by atoms with Crippen LogP contribution in [0.15, 0.2) is 70.8 Å². The van der Waals surface area contributed by atoms with E-state index in [2.05, 4.69) is 10.3 Å². The Balaban J connectivity index is 1.50. The number of carbonyl (C=O) groups excluding carboxylic acids is 1. The minimum atomic E-state index is -0.397. The molecule has 0 fully saturated rings. The van der Waals surface area contributed by atoms with Gasteiger partial charge in [-0.3, -0.25) is 14.3 Å². The van der Waals surface area contributed by atoms with Crippen molar-refractivity contribution in [2.24, 2.45) is 7.05 Å². The number of aromatic nitrogens is 3. The molecule has 2 heterocycles. The SMILES string of the molecule is Cc1nc(COc2ccccc2/C=C/C(=O)Nc2c(C)n(C)n(-c3ccccc3)c2=O)cs1. The first-order chi connectivity index (χ1) is 15.9. The van der Waals surface area contributed by atoms with Crippen molar-refractivity contribution in [3.05, 3.63) is 98.4 Å². The van der Waals surface area contributed by atoms with Crippen molar-refractivity contribution in [3.8, 4) is 11.4 Å². The molecule has 0 aliphatic rings. The third-order valence-electron chi connectivity index (χ3n) is 5.18. The number of hydrogen-bond donors (Lipinski definition) is 1. The fourth-order valence-electron chi connectivity index (χ4n) is 3.42. The van der Waals surface area contributed by atoms with Crippen molar-refractivity contribution < 1.29 is 9.53 Å². The molecule has 0 spiro atoms. The first-order valence-corrected chi connectivity index (χ1v) is 11.3. The van der Waals surface area contributed by atoms with Gasteiger partial charge in [-0.2, -0.15) is 0 Å². The standard InChI is InChI=1S/C25H24N4O3S/c1-17-24(25(31)29(28(17)3)21-10-5-4-6-11-21)27-23(30)14-13-19-9-7-8-12-22(19)32-15-20-16-33-18(2)26-20/h4-14,16H,15H2,1-3H3,(H,27,30)/b14-13+. The molecule has 0 radical (unpaired) electrons. The first-order valence-electron chi connectivity index (χ1n) is 10.4. The Labute approximate surface area is 195 Å². The molecule has 168 valence electrons. The largest absolute Gasteiger partial charge is 0.487 e. The zero-order chi connectivity index (χ0) is 23.4. The highest BCUT2D eigenvalue weighted by molar-refractivity contribution is 7.09. The molecule has 1 N–H and O–H groups in total. The Kier molecular flexibility index (Phi) is 6.55. The number of benzene rings is 2. The maximum Gasteiger partial charge on any atom is 0.295 e. The van der Waals surface area contributed by atoms with E-state index >= 15 is 0 Å². The molecule has 0 saturated heterocycles. The van der Waals surface area contributed by atoms with E-state index in [-0.39, 0.29) is 11.2 Å². The van der Waals surface area contributed by atoms with E-state index in [4.69, 9.17) is 4.74 Å². The minimum Gasteiger partial charge on any atom is -0.487 e. The molecule has 8 heteroatoms. The molecule has 0 unspecified atom stereocenters. The van der Waals surface area contributed by atoms with Gasteiger partial charge in [0.1, 0.15) is 18.0 Å². The molecule has 0 aliphatic carbocycles. The predicted octanol–water partition coefficient (Wildman–Crippen LogP) is 4.48. The molecule has 2 aromatic carbocycles. The number of thiazole rings is 1. The summed E-state index contributed by atoms with van der Waals surface area (Å²) in [5.74, 6) is 0.250.